The van der Waals surface area contributed by atoms with Gasteiger partial charge in [-0.05, 0) is 24.3 Å². The molecule has 6 nitrogen and oxygen atoms in total. The number of carbonyl (C=O) groups excluding carboxylic acids is 1. The van der Waals surface area contributed by atoms with Crippen LogP contribution in [0.1, 0.15) is 10.4 Å². The second-order valence-electron chi connectivity index (χ2n) is 5.17. The summed E-state index contributed by atoms with van der Waals surface area (Å²) in [5.74, 6) is -1.26. The highest BCUT2D eigenvalue weighted by molar-refractivity contribution is 7.13. The highest BCUT2D eigenvalue weighted by Gasteiger charge is 2.15. The van der Waals surface area contributed by atoms with Gasteiger partial charge in [0.05, 0.1) is 16.3 Å². The standard InChI is InChI=1S/C18H13ClN2O4S/c19-13-3-1-2-4-15(13)25-10-16(22)21-14-9-11(17-20-7-8-26-17)5-6-12(14)18(23)24/h1-9H,10H2,(H,21,22)(H,23,24). The van der Waals surface area contributed by atoms with Crippen molar-refractivity contribution in [1.82, 2.24) is 4.98 Å². The molecule has 0 unspecified atom stereocenters. The first-order valence-electron chi connectivity index (χ1n) is 7.49. The maximum atomic E-state index is 12.2. The monoisotopic (exact) mass is 388 g/mol. The number of hydrogen-bond acceptors (Lipinski definition) is 5. The van der Waals surface area contributed by atoms with Crippen molar-refractivity contribution < 1.29 is 19.4 Å². The minimum absolute atomic E-state index is 0.0172. The van der Waals surface area contributed by atoms with Crippen molar-refractivity contribution >= 4 is 40.5 Å². The van der Waals surface area contributed by atoms with Gasteiger partial charge < -0.3 is 15.2 Å². The van der Waals surface area contributed by atoms with Gasteiger partial charge in [-0.25, -0.2) is 9.78 Å². The average molecular weight is 389 g/mol. The fourth-order valence-corrected chi connectivity index (χ4v) is 3.05. The zero-order chi connectivity index (χ0) is 18.5. The molecular formula is C18H13ClN2O4S. The Morgan fingerprint density at radius 1 is 1.23 bits per heavy atom. The van der Waals surface area contributed by atoms with Gasteiger partial charge in [-0.3, -0.25) is 4.79 Å². The van der Waals surface area contributed by atoms with Crippen molar-refractivity contribution in [2.45, 2.75) is 0 Å². The van der Waals surface area contributed by atoms with E-state index in [0.29, 0.717) is 16.3 Å². The largest absolute Gasteiger partial charge is 0.482 e. The quantitative estimate of drug-likeness (QED) is 0.661. The van der Waals surface area contributed by atoms with Crippen LogP contribution in [-0.4, -0.2) is 28.6 Å². The number of hydrogen-bond donors (Lipinski definition) is 2. The second kappa shape index (κ2) is 7.99. The SMILES string of the molecule is O=C(COc1ccccc1Cl)Nc1cc(-c2nccs2)ccc1C(=O)O. The smallest absolute Gasteiger partial charge is 0.337 e. The number of rotatable bonds is 6. The molecule has 1 heterocycles. The van der Waals surface area contributed by atoms with Gasteiger partial charge in [0, 0.05) is 17.1 Å². The van der Waals surface area contributed by atoms with Crippen LogP contribution in [0.15, 0.2) is 54.0 Å². The van der Waals surface area contributed by atoms with Gasteiger partial charge >= 0.3 is 5.97 Å². The van der Waals surface area contributed by atoms with E-state index in [-0.39, 0.29) is 17.9 Å². The Morgan fingerprint density at radius 2 is 2.04 bits per heavy atom. The first kappa shape index (κ1) is 17.9. The van der Waals surface area contributed by atoms with Crippen molar-refractivity contribution in [3.05, 3.63) is 64.6 Å². The van der Waals surface area contributed by atoms with Crippen molar-refractivity contribution in [2.75, 3.05) is 11.9 Å². The number of carboxylic acids is 1. The van der Waals surface area contributed by atoms with E-state index >= 15 is 0 Å². The first-order chi connectivity index (χ1) is 12.5. The van der Waals surface area contributed by atoms with E-state index in [1.54, 1.807) is 42.6 Å². The summed E-state index contributed by atoms with van der Waals surface area (Å²) in [6.45, 7) is -0.301. The summed E-state index contributed by atoms with van der Waals surface area (Å²) in [7, 11) is 0. The number of aromatic nitrogens is 1. The van der Waals surface area contributed by atoms with E-state index in [9.17, 15) is 14.7 Å². The predicted molar refractivity (Wildman–Crippen MR) is 100 cm³/mol. The number of aromatic carboxylic acids is 1. The molecule has 0 saturated heterocycles. The highest BCUT2D eigenvalue weighted by Crippen LogP contribution is 2.27. The molecule has 0 spiro atoms. The van der Waals surface area contributed by atoms with Crippen LogP contribution in [0, 0.1) is 0 Å². The molecule has 0 radical (unpaired) electrons. The van der Waals surface area contributed by atoms with Gasteiger partial charge in [-0.15, -0.1) is 11.3 Å². The molecule has 0 saturated carbocycles. The van der Waals surface area contributed by atoms with Crippen LogP contribution in [-0.2, 0) is 4.79 Å². The van der Waals surface area contributed by atoms with Crippen LogP contribution in [0.25, 0.3) is 10.6 Å². The normalized spacial score (nSPS) is 10.3. The lowest BCUT2D eigenvalue weighted by Crippen LogP contribution is -2.21. The number of anilines is 1. The molecule has 132 valence electrons. The number of para-hydroxylation sites is 1. The van der Waals surface area contributed by atoms with Crippen LogP contribution < -0.4 is 10.1 Å². The molecule has 2 N–H and O–H groups in total. The van der Waals surface area contributed by atoms with Crippen LogP contribution in [0.5, 0.6) is 5.75 Å². The van der Waals surface area contributed by atoms with Crippen molar-refractivity contribution in [3.63, 3.8) is 0 Å². The number of nitrogens with zero attached hydrogens (tertiary/aromatic N) is 1. The van der Waals surface area contributed by atoms with Gasteiger partial charge in [0.1, 0.15) is 10.8 Å². The maximum Gasteiger partial charge on any atom is 0.337 e. The Kier molecular flexibility index (Phi) is 5.50. The number of benzene rings is 2. The third kappa shape index (κ3) is 4.19. The van der Waals surface area contributed by atoms with E-state index in [4.69, 9.17) is 16.3 Å². The van der Waals surface area contributed by atoms with E-state index in [0.717, 1.165) is 5.01 Å². The Labute approximate surface area is 158 Å². The minimum atomic E-state index is -1.14. The van der Waals surface area contributed by atoms with E-state index in [2.05, 4.69) is 10.3 Å². The fraction of sp³-hybridized carbons (Fsp3) is 0.0556. The van der Waals surface area contributed by atoms with Gasteiger partial charge in [0.2, 0.25) is 0 Å². The molecule has 0 atom stereocenters. The molecule has 1 amide bonds. The van der Waals surface area contributed by atoms with E-state index in [1.165, 1.54) is 17.4 Å². The minimum Gasteiger partial charge on any atom is -0.482 e. The topological polar surface area (TPSA) is 88.5 Å². The average Bonchev–Trinajstić information content (AvgIpc) is 3.15. The van der Waals surface area contributed by atoms with Crippen LogP contribution in [0.3, 0.4) is 0 Å². The Hall–Kier alpha value is -2.90. The molecule has 3 aromatic rings. The molecule has 0 fully saturated rings. The van der Waals surface area contributed by atoms with Gasteiger partial charge in [0.25, 0.3) is 5.91 Å². The van der Waals surface area contributed by atoms with Crippen LogP contribution >= 0.6 is 22.9 Å². The molecule has 8 heteroatoms. The molecule has 3 rings (SSSR count). The lowest BCUT2D eigenvalue weighted by Gasteiger charge is -2.11. The summed E-state index contributed by atoms with van der Waals surface area (Å²) in [4.78, 5) is 27.8. The van der Waals surface area contributed by atoms with E-state index < -0.39 is 11.9 Å². The summed E-state index contributed by atoms with van der Waals surface area (Å²) in [6.07, 6.45) is 1.65. The number of carboxylic acid groups (broad SMARTS) is 1. The lowest BCUT2D eigenvalue weighted by atomic mass is 10.1. The third-order valence-corrected chi connectivity index (χ3v) is 4.53. The molecule has 0 aliphatic heterocycles. The zero-order valence-electron chi connectivity index (χ0n) is 13.3. The van der Waals surface area contributed by atoms with Crippen LogP contribution in [0.2, 0.25) is 5.02 Å². The number of halogens is 1. The van der Waals surface area contributed by atoms with Crippen LogP contribution in [0.4, 0.5) is 5.69 Å². The Morgan fingerprint density at radius 3 is 2.73 bits per heavy atom. The van der Waals surface area contributed by atoms with Gasteiger partial charge in [-0.1, -0.05) is 29.8 Å². The molecule has 1 aromatic heterocycles. The summed E-state index contributed by atoms with van der Waals surface area (Å²) in [5.41, 5.74) is 0.877. The zero-order valence-corrected chi connectivity index (χ0v) is 14.9. The van der Waals surface area contributed by atoms with Gasteiger partial charge in [-0.2, -0.15) is 0 Å². The molecule has 0 aliphatic carbocycles. The fourth-order valence-electron chi connectivity index (χ4n) is 2.22. The number of thiazole rings is 1. The first-order valence-corrected chi connectivity index (χ1v) is 8.75. The molecule has 0 bridgehead atoms. The van der Waals surface area contributed by atoms with Gasteiger partial charge in [0.15, 0.2) is 6.61 Å². The lowest BCUT2D eigenvalue weighted by molar-refractivity contribution is -0.118. The number of carbonyl (C=O) groups is 2. The number of nitrogens with one attached hydrogen (secondary N) is 1. The summed E-state index contributed by atoms with van der Waals surface area (Å²) >= 11 is 7.39. The number of amides is 1. The molecule has 2 aromatic carbocycles. The molecule has 0 aliphatic rings. The van der Waals surface area contributed by atoms with E-state index in [1.807, 2.05) is 5.38 Å². The summed E-state index contributed by atoms with van der Waals surface area (Å²) < 4.78 is 5.37. The summed E-state index contributed by atoms with van der Waals surface area (Å²) in [6, 6.07) is 11.4. The Bertz CT molecular complexity index is 944. The second-order valence-corrected chi connectivity index (χ2v) is 6.47. The van der Waals surface area contributed by atoms with Crippen molar-refractivity contribution in [2.24, 2.45) is 0 Å². The Balaban J connectivity index is 1.76. The van der Waals surface area contributed by atoms with Crippen molar-refractivity contribution in [3.8, 4) is 16.3 Å². The number of ether oxygens (including phenoxy) is 1. The third-order valence-electron chi connectivity index (χ3n) is 3.40. The highest BCUT2D eigenvalue weighted by atomic mass is 35.5. The molecular weight excluding hydrogens is 376 g/mol. The maximum absolute atomic E-state index is 12.2. The summed E-state index contributed by atoms with van der Waals surface area (Å²) in [5, 5.41) is 14.8. The predicted octanol–water partition coefficient (Wildman–Crippen LogP) is 4.18. The molecule has 26 heavy (non-hydrogen) atoms. The van der Waals surface area contributed by atoms with Crippen molar-refractivity contribution in [1.29, 1.82) is 0 Å².